The van der Waals surface area contributed by atoms with Crippen molar-refractivity contribution in [3.05, 3.63) is 47.4 Å². The molecule has 1 atom stereocenters. The van der Waals surface area contributed by atoms with Gasteiger partial charge in [0, 0.05) is 0 Å². The Morgan fingerprint density at radius 2 is 2.22 bits per heavy atom. The number of rotatable bonds is 5. The summed E-state index contributed by atoms with van der Waals surface area (Å²) in [5, 5.41) is 2.07. The van der Waals surface area contributed by atoms with E-state index < -0.39 is 0 Å². The minimum Gasteiger partial charge on any atom is -0.494 e. The Kier molecular flexibility index (Phi) is 4.65. The molecule has 0 radical (unpaired) electrons. The van der Waals surface area contributed by atoms with Gasteiger partial charge < -0.3 is 4.74 Å². The van der Waals surface area contributed by atoms with E-state index >= 15 is 0 Å². The Balaban J connectivity index is 1.93. The van der Waals surface area contributed by atoms with Crippen molar-refractivity contribution in [3.63, 3.8) is 0 Å². The molecule has 0 aliphatic carbocycles. The third kappa shape index (κ3) is 3.50. The summed E-state index contributed by atoms with van der Waals surface area (Å²) in [4.78, 5) is 11.8. The number of benzene rings is 1. The molecular formula is C15H16O2S. The molecule has 2 rings (SSSR count). The average molecular weight is 260 g/mol. The Morgan fingerprint density at radius 3 is 2.83 bits per heavy atom. The first kappa shape index (κ1) is 13.0. The van der Waals surface area contributed by atoms with Crippen molar-refractivity contribution in [2.75, 3.05) is 6.61 Å². The normalized spacial score (nSPS) is 18.4. The van der Waals surface area contributed by atoms with E-state index in [-0.39, 0.29) is 11.0 Å². The Morgan fingerprint density at radius 1 is 1.44 bits per heavy atom. The maximum Gasteiger partial charge on any atom is 0.169 e. The van der Waals surface area contributed by atoms with Crippen LogP contribution in [0.25, 0.3) is 6.08 Å². The minimum atomic E-state index is 0.0731. The number of carbonyl (C=O) groups is 1. The van der Waals surface area contributed by atoms with E-state index in [2.05, 4.69) is 0 Å². The van der Waals surface area contributed by atoms with Crippen molar-refractivity contribution in [2.24, 2.45) is 0 Å². The molecule has 3 heteroatoms. The van der Waals surface area contributed by atoms with Gasteiger partial charge in [-0.25, -0.2) is 0 Å². The van der Waals surface area contributed by atoms with Crippen LogP contribution >= 0.6 is 11.8 Å². The molecule has 1 aliphatic heterocycles. The summed E-state index contributed by atoms with van der Waals surface area (Å²) in [5.74, 6) is 1.04. The molecular weight excluding hydrogens is 244 g/mol. The Hall–Kier alpha value is -1.48. The van der Waals surface area contributed by atoms with Crippen LogP contribution in [0.3, 0.4) is 0 Å². The number of hydrogen-bond donors (Lipinski definition) is 0. The zero-order valence-corrected chi connectivity index (χ0v) is 11.2. The molecule has 1 aliphatic rings. The molecule has 0 bridgehead atoms. The highest BCUT2D eigenvalue weighted by Gasteiger charge is 2.16. The summed E-state index contributed by atoms with van der Waals surface area (Å²) in [6.45, 7) is 2.62. The van der Waals surface area contributed by atoms with E-state index in [1.165, 1.54) is 0 Å². The van der Waals surface area contributed by atoms with Gasteiger partial charge in [-0.1, -0.05) is 24.3 Å². The minimum absolute atomic E-state index is 0.0731. The molecule has 0 aromatic heterocycles. The van der Waals surface area contributed by atoms with Crippen LogP contribution in [0.5, 0.6) is 5.75 Å². The van der Waals surface area contributed by atoms with Gasteiger partial charge in [0.25, 0.3) is 0 Å². The Labute approximate surface area is 112 Å². The van der Waals surface area contributed by atoms with Crippen LogP contribution in [0.4, 0.5) is 0 Å². The van der Waals surface area contributed by atoms with Crippen LogP contribution in [0.1, 0.15) is 18.9 Å². The predicted molar refractivity (Wildman–Crippen MR) is 76.8 cm³/mol. The van der Waals surface area contributed by atoms with Gasteiger partial charge in [-0.05, 0) is 42.5 Å². The maximum atomic E-state index is 11.8. The predicted octanol–water partition coefficient (Wildman–Crippen LogP) is 3.69. The number of ketones is 1. The van der Waals surface area contributed by atoms with Gasteiger partial charge >= 0.3 is 0 Å². The van der Waals surface area contributed by atoms with E-state index in [1.54, 1.807) is 17.8 Å². The number of allylic oxidation sites excluding steroid dienone is 2. The topological polar surface area (TPSA) is 26.3 Å². The van der Waals surface area contributed by atoms with E-state index in [9.17, 15) is 4.79 Å². The molecule has 1 aromatic carbocycles. The van der Waals surface area contributed by atoms with Gasteiger partial charge in [-0.2, -0.15) is 0 Å². The lowest BCUT2D eigenvalue weighted by atomic mass is 10.1. The zero-order valence-electron chi connectivity index (χ0n) is 10.3. The highest BCUT2D eigenvalue weighted by atomic mass is 32.2. The van der Waals surface area contributed by atoms with Crippen molar-refractivity contribution < 1.29 is 9.53 Å². The first-order valence-corrected chi connectivity index (χ1v) is 6.99. The maximum absolute atomic E-state index is 11.8. The van der Waals surface area contributed by atoms with Gasteiger partial charge in [-0.3, -0.25) is 4.79 Å². The van der Waals surface area contributed by atoms with Gasteiger partial charge in [0.2, 0.25) is 0 Å². The van der Waals surface area contributed by atoms with Crippen molar-refractivity contribution in [1.82, 2.24) is 0 Å². The monoisotopic (exact) mass is 260 g/mol. The number of carbonyl (C=O) groups excluding carboxylic acids is 1. The summed E-state index contributed by atoms with van der Waals surface area (Å²) >= 11 is 1.59. The molecule has 1 heterocycles. The summed E-state index contributed by atoms with van der Waals surface area (Å²) in [6, 6.07) is 7.74. The first-order valence-electron chi connectivity index (χ1n) is 6.05. The summed E-state index contributed by atoms with van der Waals surface area (Å²) in [5.41, 5.74) is 1.02. The van der Waals surface area contributed by atoms with Crippen LogP contribution in [-0.4, -0.2) is 17.6 Å². The highest BCUT2D eigenvalue weighted by molar-refractivity contribution is 8.03. The first-order chi connectivity index (χ1) is 8.79. The van der Waals surface area contributed by atoms with Crippen LogP contribution < -0.4 is 4.74 Å². The molecule has 0 amide bonds. The van der Waals surface area contributed by atoms with Gasteiger partial charge in [-0.15, -0.1) is 11.8 Å². The van der Waals surface area contributed by atoms with E-state index in [0.717, 1.165) is 17.7 Å². The SMILES string of the molecule is CCOc1ccc(/C=C/C(=O)C2CC=CS2)cc1. The lowest BCUT2D eigenvalue weighted by molar-refractivity contribution is -0.114. The second-order valence-electron chi connectivity index (χ2n) is 3.97. The van der Waals surface area contributed by atoms with Crippen LogP contribution in [0.2, 0.25) is 0 Å². The summed E-state index contributed by atoms with van der Waals surface area (Å²) in [6.07, 6.45) is 6.41. The van der Waals surface area contributed by atoms with Crippen LogP contribution in [0.15, 0.2) is 41.8 Å². The second-order valence-corrected chi connectivity index (χ2v) is 5.08. The third-order valence-corrected chi connectivity index (χ3v) is 3.74. The molecule has 1 unspecified atom stereocenters. The van der Waals surface area contributed by atoms with E-state index in [1.807, 2.05) is 48.7 Å². The molecule has 0 fully saturated rings. The number of thioether (sulfide) groups is 1. The molecule has 0 spiro atoms. The van der Waals surface area contributed by atoms with Crippen molar-refractivity contribution in [1.29, 1.82) is 0 Å². The molecule has 18 heavy (non-hydrogen) atoms. The lowest BCUT2D eigenvalue weighted by Gasteiger charge is -2.03. The second kappa shape index (κ2) is 6.45. The molecule has 2 nitrogen and oxygen atoms in total. The molecule has 1 aromatic rings. The van der Waals surface area contributed by atoms with Crippen molar-refractivity contribution in [3.8, 4) is 5.75 Å². The summed E-state index contributed by atoms with van der Waals surface area (Å²) < 4.78 is 5.37. The van der Waals surface area contributed by atoms with E-state index in [4.69, 9.17) is 4.74 Å². The zero-order chi connectivity index (χ0) is 12.8. The summed E-state index contributed by atoms with van der Waals surface area (Å²) in [7, 11) is 0. The quantitative estimate of drug-likeness (QED) is 0.755. The smallest absolute Gasteiger partial charge is 0.169 e. The van der Waals surface area contributed by atoms with Gasteiger partial charge in [0.05, 0.1) is 11.9 Å². The molecule has 0 saturated carbocycles. The average Bonchev–Trinajstić information content (AvgIpc) is 2.92. The van der Waals surface area contributed by atoms with E-state index in [0.29, 0.717) is 6.61 Å². The lowest BCUT2D eigenvalue weighted by Crippen LogP contribution is -2.10. The van der Waals surface area contributed by atoms with Crippen LogP contribution in [-0.2, 0) is 4.79 Å². The number of ether oxygens (including phenoxy) is 1. The van der Waals surface area contributed by atoms with Crippen molar-refractivity contribution >= 4 is 23.6 Å². The fourth-order valence-electron chi connectivity index (χ4n) is 1.70. The third-order valence-electron chi connectivity index (χ3n) is 2.64. The fourth-order valence-corrected chi connectivity index (χ4v) is 2.54. The largest absolute Gasteiger partial charge is 0.494 e. The van der Waals surface area contributed by atoms with Gasteiger partial charge in [0.1, 0.15) is 5.75 Å². The van der Waals surface area contributed by atoms with Gasteiger partial charge in [0.15, 0.2) is 5.78 Å². The standard InChI is InChI=1S/C15H16O2S/c1-2-17-13-8-5-12(6-9-13)7-10-14(16)15-4-3-11-18-15/h3,5-11,15H,2,4H2,1H3/b10-7+. The highest BCUT2D eigenvalue weighted by Crippen LogP contribution is 2.25. The molecule has 94 valence electrons. The Bertz CT molecular complexity index is 452. The number of hydrogen-bond acceptors (Lipinski definition) is 3. The van der Waals surface area contributed by atoms with Crippen molar-refractivity contribution in [2.45, 2.75) is 18.6 Å². The molecule has 0 saturated heterocycles. The molecule has 0 N–H and O–H groups in total. The fraction of sp³-hybridized carbons (Fsp3) is 0.267. The van der Waals surface area contributed by atoms with Crippen LogP contribution in [0, 0.1) is 0 Å².